The van der Waals surface area contributed by atoms with Gasteiger partial charge >= 0.3 is 11.9 Å². The van der Waals surface area contributed by atoms with Gasteiger partial charge in [0.25, 0.3) is 5.69 Å². The van der Waals surface area contributed by atoms with E-state index in [2.05, 4.69) is 5.32 Å². The topological polar surface area (TPSA) is 143 Å². The number of hydrogen-bond acceptors (Lipinski definition) is 11. The lowest BCUT2D eigenvalue weighted by atomic mass is 9.69. The summed E-state index contributed by atoms with van der Waals surface area (Å²) in [5.41, 5.74) is 0.822. The summed E-state index contributed by atoms with van der Waals surface area (Å²) >= 11 is 1.60. The van der Waals surface area contributed by atoms with Crippen molar-refractivity contribution in [3.8, 4) is 11.5 Å². The Bertz CT molecular complexity index is 1220. The van der Waals surface area contributed by atoms with Crippen LogP contribution in [-0.2, 0) is 23.9 Å². The molecule has 0 unspecified atom stereocenters. The average Bonchev–Trinajstić information content (AvgIpc) is 3.32. The number of nitrogens with one attached hydrogen (secondary N) is 1. The number of nitro benzene ring substituents is 1. The molecule has 37 heavy (non-hydrogen) atoms. The van der Waals surface area contributed by atoms with Gasteiger partial charge in [0.1, 0.15) is 12.5 Å². The molecule has 0 spiro atoms. The molecule has 0 amide bonds. The Morgan fingerprint density at radius 1 is 1.27 bits per heavy atom. The minimum Gasteiger partial charge on any atom is -0.468 e. The van der Waals surface area contributed by atoms with Crippen LogP contribution in [0.15, 0.2) is 34.7 Å². The van der Waals surface area contributed by atoms with Gasteiger partial charge in [-0.15, -0.1) is 0 Å². The fourth-order valence-electron chi connectivity index (χ4n) is 5.01. The Hall–Kier alpha value is -3.54. The summed E-state index contributed by atoms with van der Waals surface area (Å²) in [4.78, 5) is 51.4. The van der Waals surface area contributed by atoms with Crippen LogP contribution in [0.2, 0.25) is 0 Å². The number of nitrogens with zero attached hydrogens (tertiary/aromatic N) is 1. The van der Waals surface area contributed by atoms with E-state index in [1.165, 1.54) is 19.2 Å². The highest BCUT2D eigenvalue weighted by Crippen LogP contribution is 2.50. The molecule has 2 aliphatic heterocycles. The lowest BCUT2D eigenvalue weighted by molar-refractivity contribution is -0.385. The van der Waals surface area contributed by atoms with Crippen LogP contribution in [-0.4, -0.2) is 54.7 Å². The van der Waals surface area contributed by atoms with E-state index in [1.807, 2.05) is 6.92 Å². The van der Waals surface area contributed by atoms with Gasteiger partial charge in [-0.1, -0.05) is 13.8 Å². The number of allylic oxidation sites excluding steroid dienone is 3. The molecule has 0 bridgehead atoms. The van der Waals surface area contributed by atoms with Gasteiger partial charge in [-0.3, -0.25) is 19.7 Å². The SMILES string of the molecule is CCSCCOC(=O)C1=C(C)NC2=C(C(=O)[C@H](C(=O)OC)[C@H](C)C2)[C@@H]1c1cc2c(cc1[N+](=O)[O-])OCO2. The number of rotatable bonds is 8. The molecule has 3 aliphatic rings. The van der Waals surface area contributed by atoms with E-state index < -0.39 is 34.5 Å². The Morgan fingerprint density at radius 3 is 2.62 bits per heavy atom. The quantitative estimate of drug-likeness (QED) is 0.173. The highest BCUT2D eigenvalue weighted by atomic mass is 32.2. The molecular weight excluding hydrogens is 504 g/mol. The van der Waals surface area contributed by atoms with E-state index in [4.69, 9.17) is 18.9 Å². The van der Waals surface area contributed by atoms with Gasteiger partial charge < -0.3 is 24.3 Å². The van der Waals surface area contributed by atoms with Crippen molar-refractivity contribution in [2.24, 2.45) is 11.8 Å². The van der Waals surface area contributed by atoms with Crippen molar-refractivity contribution in [1.29, 1.82) is 0 Å². The van der Waals surface area contributed by atoms with Crippen LogP contribution >= 0.6 is 11.8 Å². The third-order valence-electron chi connectivity index (χ3n) is 6.66. The number of nitro groups is 1. The molecule has 0 saturated heterocycles. The number of benzene rings is 1. The second-order valence-electron chi connectivity index (χ2n) is 8.89. The minimum absolute atomic E-state index is 0.0636. The molecule has 1 aromatic rings. The number of thioether (sulfide) groups is 1. The molecule has 12 heteroatoms. The molecule has 1 N–H and O–H groups in total. The van der Waals surface area contributed by atoms with Crippen molar-refractivity contribution in [2.45, 2.75) is 33.1 Å². The van der Waals surface area contributed by atoms with Crippen molar-refractivity contribution in [3.05, 3.63) is 50.4 Å². The third-order valence-corrected chi connectivity index (χ3v) is 7.52. The summed E-state index contributed by atoms with van der Waals surface area (Å²) in [7, 11) is 1.20. The van der Waals surface area contributed by atoms with Crippen LogP contribution in [0.4, 0.5) is 5.69 Å². The van der Waals surface area contributed by atoms with Crippen molar-refractivity contribution >= 4 is 35.2 Å². The van der Waals surface area contributed by atoms with E-state index in [-0.39, 0.29) is 53.2 Å². The van der Waals surface area contributed by atoms with Crippen LogP contribution in [0.1, 0.15) is 38.7 Å². The van der Waals surface area contributed by atoms with E-state index in [0.29, 0.717) is 23.6 Å². The van der Waals surface area contributed by atoms with Gasteiger partial charge in [-0.25, -0.2) is 4.79 Å². The second kappa shape index (κ2) is 10.8. The smallest absolute Gasteiger partial charge is 0.336 e. The van der Waals surface area contributed by atoms with Crippen LogP contribution in [0.3, 0.4) is 0 Å². The zero-order valence-electron chi connectivity index (χ0n) is 21.0. The summed E-state index contributed by atoms with van der Waals surface area (Å²) in [5.74, 6) is -2.74. The minimum atomic E-state index is -1.16. The average molecular weight is 533 g/mol. The number of hydrogen-bond donors (Lipinski definition) is 1. The molecule has 1 aromatic carbocycles. The molecule has 0 aromatic heterocycles. The van der Waals surface area contributed by atoms with Crippen molar-refractivity contribution in [3.63, 3.8) is 0 Å². The Labute approximate surface area is 217 Å². The lowest BCUT2D eigenvalue weighted by Gasteiger charge is -2.38. The number of carbonyl (C=O) groups is 3. The molecule has 1 aliphatic carbocycles. The Balaban J connectivity index is 1.89. The number of esters is 2. The highest BCUT2D eigenvalue weighted by molar-refractivity contribution is 7.99. The van der Waals surface area contributed by atoms with E-state index in [1.54, 1.807) is 25.6 Å². The van der Waals surface area contributed by atoms with Gasteiger partial charge in [0.2, 0.25) is 6.79 Å². The molecule has 2 heterocycles. The van der Waals surface area contributed by atoms with Gasteiger partial charge in [-0.2, -0.15) is 11.8 Å². The predicted molar refractivity (Wildman–Crippen MR) is 133 cm³/mol. The number of fused-ring (bicyclic) bond motifs is 1. The Morgan fingerprint density at radius 2 is 1.97 bits per heavy atom. The number of ketones is 1. The molecule has 4 rings (SSSR count). The summed E-state index contributed by atoms with van der Waals surface area (Å²) in [6, 6.07) is 2.65. The molecule has 0 saturated carbocycles. The lowest BCUT2D eigenvalue weighted by Crippen LogP contribution is -2.43. The monoisotopic (exact) mass is 532 g/mol. The maximum Gasteiger partial charge on any atom is 0.336 e. The number of Topliss-reactive ketones (excluding diaryl/α,β-unsaturated/α-hetero) is 1. The number of carbonyl (C=O) groups excluding carboxylic acids is 3. The van der Waals surface area contributed by atoms with E-state index in [0.717, 1.165) is 5.75 Å². The molecule has 0 radical (unpaired) electrons. The van der Waals surface area contributed by atoms with Crippen LogP contribution in [0.25, 0.3) is 0 Å². The van der Waals surface area contributed by atoms with Crippen LogP contribution < -0.4 is 14.8 Å². The first kappa shape index (κ1) is 26.5. The van der Waals surface area contributed by atoms with Crippen molar-refractivity contribution in [1.82, 2.24) is 5.32 Å². The standard InChI is InChI=1S/C25H28N2O9S/c1-5-37-7-6-34-25(30)20-13(3)26-15-8-12(2)19(24(29)33-4)23(28)22(15)21(20)14-9-17-18(36-11-35-17)10-16(14)27(31)32/h9-10,12,19,21,26H,5-8,11H2,1-4H3/t12-,19-,21-/m1/s1. The zero-order valence-corrected chi connectivity index (χ0v) is 21.8. The fraction of sp³-hybridized carbons (Fsp3) is 0.480. The van der Waals surface area contributed by atoms with Crippen molar-refractivity contribution in [2.75, 3.05) is 32.0 Å². The van der Waals surface area contributed by atoms with E-state index >= 15 is 0 Å². The molecule has 198 valence electrons. The summed E-state index contributed by atoms with van der Waals surface area (Å²) in [5, 5.41) is 15.3. The molecule has 11 nitrogen and oxygen atoms in total. The maximum absolute atomic E-state index is 13.8. The molecular formula is C25H28N2O9S. The van der Waals surface area contributed by atoms with E-state index in [9.17, 15) is 24.5 Å². The first-order valence-electron chi connectivity index (χ1n) is 11.8. The predicted octanol–water partition coefficient (Wildman–Crippen LogP) is 3.23. The first-order valence-corrected chi connectivity index (χ1v) is 13.0. The number of ether oxygens (including phenoxy) is 4. The third kappa shape index (κ3) is 4.89. The normalized spacial score (nSPS) is 22.4. The summed E-state index contributed by atoms with van der Waals surface area (Å²) in [6.45, 7) is 5.42. The maximum atomic E-state index is 13.8. The first-order chi connectivity index (χ1) is 17.7. The van der Waals surface area contributed by atoms with Gasteiger partial charge in [0, 0.05) is 28.3 Å². The van der Waals surface area contributed by atoms with Gasteiger partial charge in [-0.05, 0) is 31.1 Å². The molecule has 0 fully saturated rings. The van der Waals surface area contributed by atoms with Gasteiger partial charge in [0.05, 0.1) is 29.6 Å². The Kier molecular flexibility index (Phi) is 7.76. The zero-order chi connectivity index (χ0) is 26.9. The molecule has 3 atom stereocenters. The summed E-state index contributed by atoms with van der Waals surface area (Å²) < 4.78 is 21.2. The van der Waals surface area contributed by atoms with Crippen LogP contribution in [0, 0.1) is 22.0 Å². The van der Waals surface area contributed by atoms with Crippen molar-refractivity contribution < 1.29 is 38.3 Å². The second-order valence-corrected chi connectivity index (χ2v) is 10.3. The van der Waals surface area contributed by atoms with Crippen LogP contribution in [0.5, 0.6) is 11.5 Å². The van der Waals surface area contributed by atoms with Gasteiger partial charge in [0.15, 0.2) is 17.3 Å². The largest absolute Gasteiger partial charge is 0.468 e. The number of methoxy groups -OCH3 is 1. The number of dihydropyridines is 1. The fourth-order valence-corrected chi connectivity index (χ4v) is 5.50. The highest BCUT2D eigenvalue weighted by Gasteiger charge is 2.49. The summed E-state index contributed by atoms with van der Waals surface area (Å²) in [6.07, 6.45) is 0.308.